The first-order valence-electron chi connectivity index (χ1n) is 14.0. The van der Waals surface area contributed by atoms with Crippen LogP contribution in [0.25, 0.3) is 0 Å². The minimum Gasteiger partial charge on any atom is -0.393 e. The zero-order valence-electron chi connectivity index (χ0n) is 22.6. The molecule has 4 rings (SSSR count). The number of hydrogen-bond donors (Lipinski definition) is 2. The zero-order valence-corrected chi connectivity index (χ0v) is 23.4. The van der Waals surface area contributed by atoms with Crippen LogP contribution in [-0.4, -0.2) is 36.1 Å². The number of carbonyl (C=O) groups is 1. The van der Waals surface area contributed by atoms with Crippen molar-refractivity contribution < 1.29 is 27.1 Å². The van der Waals surface area contributed by atoms with Crippen LogP contribution in [0.5, 0.6) is 0 Å². The number of aliphatic hydroxyl groups is 1. The Balaban J connectivity index is 1.50. The molecule has 7 heteroatoms. The van der Waals surface area contributed by atoms with Gasteiger partial charge in [-0.3, -0.25) is 9.35 Å². The van der Waals surface area contributed by atoms with E-state index in [2.05, 4.69) is 41.5 Å². The van der Waals surface area contributed by atoms with Gasteiger partial charge >= 0.3 is 10.4 Å². The summed E-state index contributed by atoms with van der Waals surface area (Å²) in [6, 6.07) is 0. The van der Waals surface area contributed by atoms with Crippen LogP contribution in [0, 0.1) is 58.2 Å². The first-order valence-corrected chi connectivity index (χ1v) is 15.4. The van der Waals surface area contributed by atoms with Crippen molar-refractivity contribution in [2.24, 2.45) is 58.2 Å². The Kier molecular flexibility index (Phi) is 7.60. The van der Waals surface area contributed by atoms with Gasteiger partial charge in [-0.2, -0.15) is 8.42 Å². The van der Waals surface area contributed by atoms with Gasteiger partial charge in [0.2, 0.25) is 0 Å². The molecule has 0 unspecified atom stereocenters. The molecule has 0 amide bonds. The van der Waals surface area contributed by atoms with Gasteiger partial charge in [-0.05, 0) is 104 Å². The number of rotatable bonds is 7. The van der Waals surface area contributed by atoms with E-state index in [0.717, 1.165) is 38.5 Å². The summed E-state index contributed by atoms with van der Waals surface area (Å²) in [7, 11) is -4.51. The van der Waals surface area contributed by atoms with Crippen molar-refractivity contribution in [1.29, 1.82) is 0 Å². The Labute approximate surface area is 212 Å². The second kappa shape index (κ2) is 9.67. The maximum Gasteiger partial charge on any atom is 0.397 e. The van der Waals surface area contributed by atoms with E-state index in [1.807, 2.05) is 0 Å². The largest absolute Gasteiger partial charge is 0.397 e. The predicted octanol–water partition coefficient (Wildman–Crippen LogP) is 5.69. The van der Waals surface area contributed by atoms with E-state index in [1.54, 1.807) is 0 Å². The molecular formula is C28H48O6S. The molecule has 0 spiro atoms. The quantitative estimate of drug-likeness (QED) is 0.425. The van der Waals surface area contributed by atoms with Crippen LogP contribution in [0.4, 0.5) is 0 Å². The average molecular weight is 513 g/mol. The highest BCUT2D eigenvalue weighted by Gasteiger charge is 2.63. The average Bonchev–Trinajstić information content (AvgIpc) is 3.10. The predicted molar refractivity (Wildman–Crippen MR) is 136 cm³/mol. The molecule has 202 valence electrons. The van der Waals surface area contributed by atoms with Crippen LogP contribution < -0.4 is 0 Å². The van der Waals surface area contributed by atoms with Crippen LogP contribution in [0.3, 0.4) is 0 Å². The lowest BCUT2D eigenvalue weighted by molar-refractivity contribution is -0.160. The molecule has 0 aliphatic heterocycles. The second-order valence-electron chi connectivity index (χ2n) is 13.6. The van der Waals surface area contributed by atoms with Gasteiger partial charge in [-0.1, -0.05) is 41.5 Å². The number of hydrogen-bond acceptors (Lipinski definition) is 5. The number of aliphatic hydroxyl groups excluding tert-OH is 1. The van der Waals surface area contributed by atoms with Gasteiger partial charge < -0.3 is 5.11 Å². The molecule has 0 saturated heterocycles. The third-order valence-corrected chi connectivity index (χ3v) is 12.2. The topological polar surface area (TPSA) is 101 Å². The number of carbonyl (C=O) groups excluding carboxylic acids is 1. The number of ketones is 1. The van der Waals surface area contributed by atoms with Crippen molar-refractivity contribution in [1.82, 2.24) is 0 Å². The molecular weight excluding hydrogens is 464 g/mol. The molecule has 35 heavy (non-hydrogen) atoms. The van der Waals surface area contributed by atoms with Crippen LogP contribution in [0.1, 0.15) is 99.3 Å². The Bertz CT molecular complexity index is 901. The summed E-state index contributed by atoms with van der Waals surface area (Å²) in [6.07, 6.45) is 6.78. The van der Waals surface area contributed by atoms with E-state index in [0.29, 0.717) is 54.8 Å². The summed E-state index contributed by atoms with van der Waals surface area (Å²) < 4.78 is 36.6. The van der Waals surface area contributed by atoms with E-state index < -0.39 is 16.5 Å². The fourth-order valence-corrected chi connectivity index (χ4v) is 9.82. The third-order valence-electron chi connectivity index (χ3n) is 11.7. The van der Waals surface area contributed by atoms with Crippen molar-refractivity contribution in [2.75, 3.05) is 0 Å². The Morgan fingerprint density at radius 3 is 2.26 bits per heavy atom. The molecule has 4 aliphatic rings. The number of fused-ring (bicyclic) bond motifs is 5. The molecule has 0 aromatic heterocycles. The SMILES string of the molecule is CC(C)[C@@H](C)C[C@H](O)[C@@H](C)[C@H]1CC[C@H]2[C@@H]3CC(=O)[C@H]4C[C@@H](OS(=O)(=O)O)CC[C@]4(C)[C@H]3CC[C@]12C. The second-order valence-corrected chi connectivity index (χ2v) is 14.7. The fourth-order valence-electron chi connectivity index (χ4n) is 9.30. The standard InChI is InChI=1S/C28H48O6S/c1-16(2)17(3)13-25(29)18(4)21-7-8-22-20-15-26(30)24-14-19(34-35(31,32)33)9-11-28(24,6)23(20)10-12-27(21,22)5/h16-25,29H,7-15H2,1-6H3,(H,31,32,33)/t17-,18-,19-,20-,21+,22-,23-,24+,25-,27+,28+/m0/s1. The lowest BCUT2D eigenvalue weighted by Crippen LogP contribution is -2.57. The van der Waals surface area contributed by atoms with Gasteiger partial charge in [0.1, 0.15) is 5.78 Å². The van der Waals surface area contributed by atoms with Gasteiger partial charge in [0.25, 0.3) is 0 Å². The lowest BCUT2D eigenvalue weighted by Gasteiger charge is -2.60. The molecule has 4 saturated carbocycles. The minimum atomic E-state index is -4.51. The van der Waals surface area contributed by atoms with E-state index >= 15 is 0 Å². The molecule has 4 fully saturated rings. The van der Waals surface area contributed by atoms with Crippen molar-refractivity contribution in [3.05, 3.63) is 0 Å². The minimum absolute atomic E-state index is 0.129. The smallest absolute Gasteiger partial charge is 0.393 e. The number of Topliss-reactive ketones (excluding diaryl/α,β-unsaturated/α-hetero) is 1. The molecule has 11 atom stereocenters. The van der Waals surface area contributed by atoms with Gasteiger partial charge in [0.05, 0.1) is 12.2 Å². The summed E-state index contributed by atoms with van der Waals surface area (Å²) >= 11 is 0. The summed E-state index contributed by atoms with van der Waals surface area (Å²) in [5.74, 6) is 3.24. The normalized spacial score (nSPS) is 44.3. The summed E-state index contributed by atoms with van der Waals surface area (Å²) in [4.78, 5) is 13.5. The van der Waals surface area contributed by atoms with E-state index in [9.17, 15) is 18.3 Å². The first kappa shape index (κ1) is 27.5. The summed E-state index contributed by atoms with van der Waals surface area (Å²) in [5, 5.41) is 11.2. The van der Waals surface area contributed by atoms with Crippen molar-refractivity contribution in [3.63, 3.8) is 0 Å². The molecule has 0 aromatic carbocycles. The molecule has 2 N–H and O–H groups in total. The highest BCUT2D eigenvalue weighted by Crippen LogP contribution is 2.68. The van der Waals surface area contributed by atoms with Gasteiger partial charge in [0, 0.05) is 12.3 Å². The van der Waals surface area contributed by atoms with Crippen molar-refractivity contribution >= 4 is 16.2 Å². The fraction of sp³-hybridized carbons (Fsp3) is 0.964. The maximum absolute atomic E-state index is 13.5. The van der Waals surface area contributed by atoms with Gasteiger partial charge in [-0.15, -0.1) is 0 Å². The molecule has 0 aromatic rings. The maximum atomic E-state index is 13.5. The van der Waals surface area contributed by atoms with E-state index in [-0.39, 0.29) is 34.6 Å². The molecule has 0 radical (unpaired) electrons. The van der Waals surface area contributed by atoms with E-state index in [4.69, 9.17) is 8.74 Å². The van der Waals surface area contributed by atoms with Crippen molar-refractivity contribution in [2.45, 2.75) is 112 Å². The third kappa shape index (κ3) is 5.00. The Morgan fingerprint density at radius 2 is 1.63 bits per heavy atom. The first-order chi connectivity index (χ1) is 16.2. The monoisotopic (exact) mass is 512 g/mol. The Morgan fingerprint density at radius 1 is 1.00 bits per heavy atom. The lowest BCUT2D eigenvalue weighted by atomic mass is 9.44. The Hall–Kier alpha value is -0.500. The molecule has 0 bridgehead atoms. The van der Waals surface area contributed by atoms with E-state index in [1.165, 1.54) is 0 Å². The highest BCUT2D eigenvalue weighted by atomic mass is 32.3. The van der Waals surface area contributed by atoms with Crippen LogP contribution >= 0.6 is 0 Å². The summed E-state index contributed by atoms with van der Waals surface area (Å²) in [5.41, 5.74) is 0.0354. The summed E-state index contributed by atoms with van der Waals surface area (Å²) in [6.45, 7) is 13.6. The van der Waals surface area contributed by atoms with Crippen LogP contribution in [0.2, 0.25) is 0 Å². The molecule has 6 nitrogen and oxygen atoms in total. The van der Waals surface area contributed by atoms with Crippen LogP contribution in [-0.2, 0) is 19.4 Å². The van der Waals surface area contributed by atoms with Crippen molar-refractivity contribution in [3.8, 4) is 0 Å². The van der Waals surface area contributed by atoms with Gasteiger partial charge in [0.15, 0.2) is 0 Å². The molecule has 4 aliphatic carbocycles. The zero-order chi connectivity index (χ0) is 25.9. The van der Waals surface area contributed by atoms with Crippen LogP contribution in [0.15, 0.2) is 0 Å². The highest BCUT2D eigenvalue weighted by molar-refractivity contribution is 7.80. The van der Waals surface area contributed by atoms with Gasteiger partial charge in [-0.25, -0.2) is 4.18 Å². The molecule has 0 heterocycles.